The van der Waals surface area contributed by atoms with Gasteiger partial charge in [-0.3, -0.25) is 4.79 Å². The molecule has 1 N–H and O–H groups in total. The van der Waals surface area contributed by atoms with Gasteiger partial charge in [0.15, 0.2) is 0 Å². The highest BCUT2D eigenvalue weighted by Gasteiger charge is 2.21. The molecule has 0 aliphatic rings. The van der Waals surface area contributed by atoms with Gasteiger partial charge in [-0.1, -0.05) is 66.2 Å². The first-order chi connectivity index (χ1) is 14.3. The molecule has 0 aromatic heterocycles. The predicted molar refractivity (Wildman–Crippen MR) is 119 cm³/mol. The maximum absolute atomic E-state index is 12.9. The third-order valence-corrected chi connectivity index (χ3v) is 6.68. The van der Waals surface area contributed by atoms with Crippen molar-refractivity contribution in [3.05, 3.63) is 100 Å². The van der Waals surface area contributed by atoms with Gasteiger partial charge in [0.1, 0.15) is 4.90 Å². The maximum Gasteiger partial charge on any atom is 0.253 e. The quantitative estimate of drug-likeness (QED) is 0.589. The number of aryl methyl sites for hydroxylation is 1. The summed E-state index contributed by atoms with van der Waals surface area (Å²) in [6, 6.07) is 21.3. The zero-order valence-electron chi connectivity index (χ0n) is 16.8. The summed E-state index contributed by atoms with van der Waals surface area (Å²) in [6.45, 7) is 2.53. The summed E-state index contributed by atoms with van der Waals surface area (Å²) in [4.78, 5) is 14.3. The van der Waals surface area contributed by atoms with E-state index in [9.17, 15) is 13.2 Å². The molecular formula is C23H23ClN2O3S. The third-order valence-electron chi connectivity index (χ3n) is 4.79. The van der Waals surface area contributed by atoms with Crippen LogP contribution in [0, 0.1) is 6.92 Å². The van der Waals surface area contributed by atoms with Crippen molar-refractivity contribution in [3.63, 3.8) is 0 Å². The lowest BCUT2D eigenvalue weighted by Gasteiger charge is -2.19. The Morgan fingerprint density at radius 1 is 1.00 bits per heavy atom. The number of nitrogens with zero attached hydrogens (tertiary/aromatic N) is 1. The molecule has 0 spiro atoms. The van der Waals surface area contributed by atoms with Crippen molar-refractivity contribution in [2.45, 2.75) is 24.9 Å². The van der Waals surface area contributed by atoms with E-state index in [1.165, 1.54) is 18.2 Å². The Bertz CT molecular complexity index is 1150. The Morgan fingerprint density at radius 3 is 2.37 bits per heavy atom. The molecule has 5 nitrogen and oxygen atoms in total. The molecule has 0 aliphatic carbocycles. The van der Waals surface area contributed by atoms with Crippen molar-refractivity contribution in [2.75, 3.05) is 7.05 Å². The van der Waals surface area contributed by atoms with Gasteiger partial charge in [-0.25, -0.2) is 13.1 Å². The smallest absolute Gasteiger partial charge is 0.253 e. The fraction of sp³-hybridized carbons (Fsp3) is 0.174. The Hall–Kier alpha value is -2.67. The monoisotopic (exact) mass is 442 g/mol. The Morgan fingerprint density at radius 2 is 1.67 bits per heavy atom. The normalized spacial score (nSPS) is 11.3. The number of carbonyl (C=O) groups excluding carboxylic acids is 1. The van der Waals surface area contributed by atoms with Gasteiger partial charge in [-0.15, -0.1) is 0 Å². The molecule has 0 aliphatic heterocycles. The summed E-state index contributed by atoms with van der Waals surface area (Å²) >= 11 is 6.15. The van der Waals surface area contributed by atoms with Crippen molar-refractivity contribution >= 4 is 27.5 Å². The van der Waals surface area contributed by atoms with Gasteiger partial charge in [-0.2, -0.15) is 0 Å². The fourth-order valence-corrected chi connectivity index (χ4v) is 4.57. The Labute approximate surface area is 182 Å². The van der Waals surface area contributed by atoms with Crippen LogP contribution in [0.1, 0.15) is 27.0 Å². The van der Waals surface area contributed by atoms with Crippen molar-refractivity contribution in [2.24, 2.45) is 0 Å². The average molecular weight is 443 g/mol. The van der Waals surface area contributed by atoms with Crippen LogP contribution in [0.5, 0.6) is 0 Å². The summed E-state index contributed by atoms with van der Waals surface area (Å²) < 4.78 is 28.1. The first-order valence-corrected chi connectivity index (χ1v) is 11.3. The highest BCUT2D eigenvalue weighted by Crippen LogP contribution is 2.24. The molecule has 156 valence electrons. The van der Waals surface area contributed by atoms with Crippen LogP contribution in [-0.4, -0.2) is 26.3 Å². The minimum Gasteiger partial charge on any atom is -0.337 e. The number of nitrogens with one attached hydrogen (secondary N) is 1. The van der Waals surface area contributed by atoms with E-state index in [-0.39, 0.29) is 27.9 Å². The van der Waals surface area contributed by atoms with Crippen molar-refractivity contribution < 1.29 is 13.2 Å². The van der Waals surface area contributed by atoms with E-state index in [1.807, 2.05) is 61.5 Å². The van der Waals surface area contributed by atoms with E-state index in [0.29, 0.717) is 6.54 Å². The molecule has 1 amide bonds. The summed E-state index contributed by atoms with van der Waals surface area (Å²) in [5, 5.41) is 0.0636. The molecule has 0 heterocycles. The molecule has 0 unspecified atom stereocenters. The lowest BCUT2D eigenvalue weighted by molar-refractivity contribution is 0.0784. The van der Waals surface area contributed by atoms with Crippen LogP contribution in [0.3, 0.4) is 0 Å². The van der Waals surface area contributed by atoms with Gasteiger partial charge in [0, 0.05) is 25.7 Å². The van der Waals surface area contributed by atoms with E-state index in [4.69, 9.17) is 11.6 Å². The molecule has 7 heteroatoms. The van der Waals surface area contributed by atoms with Crippen molar-refractivity contribution in [1.29, 1.82) is 0 Å². The minimum atomic E-state index is -3.89. The maximum atomic E-state index is 12.9. The number of carbonyl (C=O) groups is 1. The van der Waals surface area contributed by atoms with Gasteiger partial charge < -0.3 is 4.90 Å². The topological polar surface area (TPSA) is 66.5 Å². The van der Waals surface area contributed by atoms with Crippen LogP contribution >= 0.6 is 11.6 Å². The summed E-state index contributed by atoms with van der Waals surface area (Å²) in [7, 11) is -2.20. The predicted octanol–water partition coefficient (Wildman–Crippen LogP) is 4.40. The second-order valence-corrected chi connectivity index (χ2v) is 9.19. The van der Waals surface area contributed by atoms with E-state index < -0.39 is 10.0 Å². The average Bonchev–Trinajstić information content (AvgIpc) is 2.74. The minimum absolute atomic E-state index is 0.0636. The summed E-state index contributed by atoms with van der Waals surface area (Å²) in [6.07, 6.45) is 0. The molecular weight excluding hydrogens is 420 g/mol. The number of amides is 1. The number of hydrogen-bond donors (Lipinski definition) is 1. The van der Waals surface area contributed by atoms with Crippen molar-refractivity contribution in [1.82, 2.24) is 9.62 Å². The standard InChI is InChI=1S/C23H23ClN2O3S/c1-17-8-6-7-11-20(17)16-26(2)23(27)19-12-13-21(24)22(14-19)30(28,29)25-15-18-9-4-3-5-10-18/h3-14,25H,15-16H2,1-2H3. The largest absolute Gasteiger partial charge is 0.337 e. The van der Waals surface area contributed by atoms with Crippen LogP contribution in [0.2, 0.25) is 5.02 Å². The Balaban J connectivity index is 1.80. The first-order valence-electron chi connectivity index (χ1n) is 9.41. The van der Waals surface area contributed by atoms with Gasteiger partial charge in [-0.05, 0) is 41.8 Å². The fourth-order valence-electron chi connectivity index (χ4n) is 3.03. The van der Waals surface area contributed by atoms with Crippen LogP contribution < -0.4 is 4.72 Å². The zero-order valence-corrected chi connectivity index (χ0v) is 18.4. The number of hydrogen-bond acceptors (Lipinski definition) is 3. The lowest BCUT2D eigenvalue weighted by atomic mass is 10.1. The molecule has 0 bridgehead atoms. The molecule has 3 rings (SSSR count). The van der Waals surface area contributed by atoms with Crippen LogP contribution in [0.15, 0.2) is 77.7 Å². The van der Waals surface area contributed by atoms with Crippen molar-refractivity contribution in [3.8, 4) is 0 Å². The van der Waals surface area contributed by atoms with E-state index in [1.54, 1.807) is 11.9 Å². The van der Waals surface area contributed by atoms with Gasteiger partial charge in [0.25, 0.3) is 5.91 Å². The molecule has 0 fully saturated rings. The van der Waals surface area contributed by atoms with E-state index in [2.05, 4.69) is 4.72 Å². The van der Waals surface area contributed by atoms with E-state index in [0.717, 1.165) is 16.7 Å². The lowest BCUT2D eigenvalue weighted by Crippen LogP contribution is -2.27. The van der Waals surface area contributed by atoms with E-state index >= 15 is 0 Å². The first kappa shape index (κ1) is 22.0. The molecule has 3 aromatic rings. The van der Waals surface area contributed by atoms with Gasteiger partial charge in [0.2, 0.25) is 10.0 Å². The van der Waals surface area contributed by atoms with Gasteiger partial charge in [0.05, 0.1) is 5.02 Å². The van der Waals surface area contributed by atoms with Crippen LogP contribution in [-0.2, 0) is 23.1 Å². The third kappa shape index (κ3) is 5.27. The molecule has 30 heavy (non-hydrogen) atoms. The highest BCUT2D eigenvalue weighted by atomic mass is 35.5. The van der Waals surface area contributed by atoms with Gasteiger partial charge >= 0.3 is 0 Å². The summed E-state index contributed by atoms with van der Waals surface area (Å²) in [5.41, 5.74) is 3.19. The van der Waals surface area contributed by atoms with Crippen LogP contribution in [0.4, 0.5) is 0 Å². The number of rotatable bonds is 7. The molecule has 0 radical (unpaired) electrons. The second-order valence-electron chi connectivity index (χ2n) is 7.04. The molecule has 3 aromatic carbocycles. The number of halogens is 1. The highest BCUT2D eigenvalue weighted by molar-refractivity contribution is 7.89. The second kappa shape index (κ2) is 9.43. The zero-order chi connectivity index (χ0) is 21.7. The van der Waals surface area contributed by atoms with Crippen LogP contribution in [0.25, 0.3) is 0 Å². The summed E-state index contributed by atoms with van der Waals surface area (Å²) in [5.74, 6) is -0.283. The number of sulfonamides is 1. The number of benzene rings is 3. The molecule has 0 saturated carbocycles. The molecule has 0 atom stereocenters. The SMILES string of the molecule is Cc1ccccc1CN(C)C(=O)c1ccc(Cl)c(S(=O)(=O)NCc2ccccc2)c1. The molecule has 0 saturated heterocycles. The Kier molecular flexibility index (Phi) is 6.92.